The first kappa shape index (κ1) is 20.7. The van der Waals surface area contributed by atoms with Crippen LogP contribution < -0.4 is 15.6 Å². The number of carbonyl (C=O) groups excluding carboxylic acids is 1. The van der Waals surface area contributed by atoms with Gasteiger partial charge >= 0.3 is 0 Å². The third kappa shape index (κ3) is 4.20. The van der Waals surface area contributed by atoms with E-state index in [-0.39, 0.29) is 18.0 Å². The maximum Gasteiger partial charge on any atom is 0.263 e. The highest BCUT2D eigenvalue weighted by atomic mass is 32.1. The molecule has 3 aromatic heterocycles. The minimum Gasteiger partial charge on any atom is -0.494 e. The van der Waals surface area contributed by atoms with Gasteiger partial charge in [0, 0.05) is 16.6 Å². The molecule has 1 N–H and O–H groups in total. The lowest BCUT2D eigenvalue weighted by Gasteiger charge is -2.11. The molecule has 0 spiro atoms. The quantitative estimate of drug-likeness (QED) is 0.492. The third-order valence-corrected chi connectivity index (χ3v) is 5.87. The van der Waals surface area contributed by atoms with Crippen LogP contribution in [0.1, 0.15) is 17.6 Å². The smallest absolute Gasteiger partial charge is 0.263 e. The van der Waals surface area contributed by atoms with E-state index < -0.39 is 0 Å². The third-order valence-electron chi connectivity index (χ3n) is 4.87. The van der Waals surface area contributed by atoms with Crippen LogP contribution in [0.5, 0.6) is 5.75 Å². The number of fused-ring (bicyclic) bond motifs is 1. The summed E-state index contributed by atoms with van der Waals surface area (Å²) in [5.41, 5.74) is 1.53. The molecule has 0 unspecified atom stereocenters. The number of benzene rings is 1. The number of aromatic nitrogens is 3. The van der Waals surface area contributed by atoms with Crippen molar-refractivity contribution in [3.8, 4) is 16.9 Å². The first-order chi connectivity index (χ1) is 15.0. The largest absolute Gasteiger partial charge is 0.494 e. The first-order valence-corrected chi connectivity index (χ1v) is 10.7. The van der Waals surface area contributed by atoms with Gasteiger partial charge in [-0.15, -0.1) is 11.3 Å². The molecule has 0 aliphatic carbocycles. The Bertz CT molecular complexity index is 1290. The second kappa shape index (κ2) is 8.69. The topological polar surface area (TPSA) is 86.1 Å². The normalized spacial score (nSPS) is 10.9. The molecule has 0 bridgehead atoms. The highest BCUT2D eigenvalue weighted by Gasteiger charge is 2.20. The van der Waals surface area contributed by atoms with E-state index in [9.17, 15) is 9.59 Å². The SMILES string of the molecule is CCOc1ccc(-c2c(C)sc3nc(C)n(CC(=O)Nc4ccccn4)c(=O)c23)cc1. The zero-order valence-electron chi connectivity index (χ0n) is 17.5. The summed E-state index contributed by atoms with van der Waals surface area (Å²) in [6, 6.07) is 12.9. The fourth-order valence-electron chi connectivity index (χ4n) is 3.48. The molecule has 0 saturated carbocycles. The van der Waals surface area contributed by atoms with Gasteiger partial charge in [0.25, 0.3) is 5.56 Å². The van der Waals surface area contributed by atoms with Crippen LogP contribution in [-0.2, 0) is 11.3 Å². The lowest BCUT2D eigenvalue weighted by atomic mass is 10.0. The van der Waals surface area contributed by atoms with Crippen molar-refractivity contribution < 1.29 is 9.53 Å². The Morgan fingerprint density at radius 3 is 2.61 bits per heavy atom. The average Bonchev–Trinajstić information content (AvgIpc) is 3.08. The van der Waals surface area contributed by atoms with Crippen LogP contribution in [0.2, 0.25) is 0 Å². The van der Waals surface area contributed by atoms with Crippen LogP contribution in [0, 0.1) is 13.8 Å². The molecule has 7 nitrogen and oxygen atoms in total. The molecule has 1 aromatic carbocycles. The van der Waals surface area contributed by atoms with E-state index in [4.69, 9.17) is 4.74 Å². The Morgan fingerprint density at radius 1 is 1.16 bits per heavy atom. The summed E-state index contributed by atoms with van der Waals surface area (Å²) < 4.78 is 6.93. The molecular formula is C23H22N4O3S. The highest BCUT2D eigenvalue weighted by molar-refractivity contribution is 7.19. The number of pyridine rings is 1. The molecule has 8 heteroatoms. The number of rotatable bonds is 6. The summed E-state index contributed by atoms with van der Waals surface area (Å²) in [7, 11) is 0. The first-order valence-electron chi connectivity index (χ1n) is 9.92. The molecule has 0 fully saturated rings. The molecule has 0 aliphatic heterocycles. The molecule has 3 heterocycles. The average molecular weight is 435 g/mol. The molecule has 4 aromatic rings. The Balaban J connectivity index is 1.74. The molecule has 4 rings (SSSR count). The van der Waals surface area contributed by atoms with E-state index >= 15 is 0 Å². The minimum atomic E-state index is -0.334. The monoisotopic (exact) mass is 434 g/mol. The zero-order chi connectivity index (χ0) is 22.0. The van der Waals surface area contributed by atoms with Crippen molar-refractivity contribution in [2.24, 2.45) is 0 Å². The number of aryl methyl sites for hydroxylation is 2. The van der Waals surface area contributed by atoms with Gasteiger partial charge in [-0.1, -0.05) is 18.2 Å². The molecule has 0 aliphatic rings. The van der Waals surface area contributed by atoms with Crippen molar-refractivity contribution in [2.45, 2.75) is 27.3 Å². The summed E-state index contributed by atoms with van der Waals surface area (Å²) in [4.78, 5) is 36.3. The van der Waals surface area contributed by atoms with Crippen molar-refractivity contribution in [1.82, 2.24) is 14.5 Å². The Morgan fingerprint density at radius 2 is 1.94 bits per heavy atom. The molecule has 0 saturated heterocycles. The minimum absolute atomic E-state index is 0.137. The number of hydrogen-bond donors (Lipinski definition) is 1. The fourth-order valence-corrected chi connectivity index (χ4v) is 4.56. The molecule has 31 heavy (non-hydrogen) atoms. The van der Waals surface area contributed by atoms with Crippen LogP contribution in [0.4, 0.5) is 5.82 Å². The summed E-state index contributed by atoms with van der Waals surface area (Å²) >= 11 is 1.48. The van der Waals surface area contributed by atoms with Crippen LogP contribution in [0.3, 0.4) is 0 Å². The Kier molecular flexibility index (Phi) is 5.81. The van der Waals surface area contributed by atoms with Crippen LogP contribution in [-0.4, -0.2) is 27.0 Å². The summed E-state index contributed by atoms with van der Waals surface area (Å²) in [6.07, 6.45) is 1.60. The van der Waals surface area contributed by atoms with E-state index in [1.54, 1.807) is 31.3 Å². The summed E-state index contributed by atoms with van der Waals surface area (Å²) in [6.45, 7) is 6.10. The van der Waals surface area contributed by atoms with Crippen LogP contribution in [0.25, 0.3) is 21.3 Å². The van der Waals surface area contributed by atoms with Crippen molar-refractivity contribution in [3.63, 3.8) is 0 Å². The van der Waals surface area contributed by atoms with E-state index in [1.165, 1.54) is 15.9 Å². The van der Waals surface area contributed by atoms with Crippen LogP contribution in [0.15, 0.2) is 53.5 Å². The van der Waals surface area contributed by atoms with Gasteiger partial charge in [-0.3, -0.25) is 14.2 Å². The van der Waals surface area contributed by atoms with Crippen molar-refractivity contribution >= 4 is 33.3 Å². The van der Waals surface area contributed by atoms with Crippen molar-refractivity contribution in [1.29, 1.82) is 0 Å². The molecule has 1 amide bonds. The van der Waals surface area contributed by atoms with Gasteiger partial charge in [0.15, 0.2) is 0 Å². The number of nitrogens with zero attached hydrogens (tertiary/aromatic N) is 3. The summed E-state index contributed by atoms with van der Waals surface area (Å²) in [5, 5.41) is 3.24. The lowest BCUT2D eigenvalue weighted by Crippen LogP contribution is -2.30. The maximum atomic E-state index is 13.4. The maximum absolute atomic E-state index is 13.4. The summed E-state index contributed by atoms with van der Waals surface area (Å²) in [5.74, 6) is 1.38. The Labute approximate surface area is 183 Å². The second-order valence-electron chi connectivity index (χ2n) is 6.98. The standard InChI is InChI=1S/C23H22N4O3S/c1-4-30-17-10-8-16(9-11-17)20-14(2)31-22-21(20)23(29)27(15(3)25-22)13-19(28)26-18-7-5-6-12-24-18/h5-12H,4,13H2,1-3H3,(H,24,26,28). The Hall–Kier alpha value is -3.52. The number of nitrogens with one attached hydrogen (secondary N) is 1. The van der Waals surface area contributed by atoms with Gasteiger partial charge in [0.05, 0.1) is 12.0 Å². The fraction of sp³-hybridized carbons (Fsp3) is 0.217. The molecule has 158 valence electrons. The number of anilines is 1. The van der Waals surface area contributed by atoms with E-state index in [0.717, 1.165) is 21.8 Å². The number of thiophene rings is 1. The van der Waals surface area contributed by atoms with Crippen molar-refractivity contribution in [2.75, 3.05) is 11.9 Å². The molecule has 0 radical (unpaired) electrons. The van der Waals surface area contributed by atoms with Crippen LogP contribution >= 0.6 is 11.3 Å². The van der Waals surface area contributed by atoms with Gasteiger partial charge in [0.2, 0.25) is 5.91 Å². The number of carbonyl (C=O) groups is 1. The molecule has 0 atom stereocenters. The van der Waals surface area contributed by atoms with Gasteiger partial charge in [-0.05, 0) is 50.6 Å². The number of ether oxygens (including phenoxy) is 1. The predicted molar refractivity (Wildman–Crippen MR) is 123 cm³/mol. The van der Waals surface area contributed by atoms with Crippen molar-refractivity contribution in [3.05, 3.63) is 69.7 Å². The van der Waals surface area contributed by atoms with Gasteiger partial charge in [-0.25, -0.2) is 9.97 Å². The van der Waals surface area contributed by atoms with Gasteiger partial charge in [0.1, 0.15) is 28.8 Å². The molecular weight excluding hydrogens is 412 g/mol. The van der Waals surface area contributed by atoms with E-state index in [0.29, 0.717) is 28.5 Å². The lowest BCUT2D eigenvalue weighted by molar-refractivity contribution is -0.116. The number of amides is 1. The van der Waals surface area contributed by atoms with Gasteiger partial charge in [-0.2, -0.15) is 0 Å². The zero-order valence-corrected chi connectivity index (χ0v) is 18.3. The predicted octanol–water partition coefficient (Wildman–Crippen LogP) is 4.17. The second-order valence-corrected chi connectivity index (χ2v) is 8.19. The van der Waals surface area contributed by atoms with Gasteiger partial charge < -0.3 is 10.1 Å². The van der Waals surface area contributed by atoms with E-state index in [2.05, 4.69) is 15.3 Å². The highest BCUT2D eigenvalue weighted by Crippen LogP contribution is 2.36. The van der Waals surface area contributed by atoms with E-state index in [1.807, 2.05) is 38.1 Å². The number of hydrogen-bond acceptors (Lipinski definition) is 6.